The van der Waals surface area contributed by atoms with Gasteiger partial charge in [0.05, 0.1) is 12.4 Å². The van der Waals surface area contributed by atoms with E-state index in [1.807, 2.05) is 0 Å². The van der Waals surface area contributed by atoms with E-state index < -0.39 is 0 Å². The molecule has 0 atom stereocenters. The van der Waals surface area contributed by atoms with Crippen molar-refractivity contribution >= 4 is 32.3 Å². The van der Waals surface area contributed by atoms with Crippen LogP contribution in [0, 0.1) is 0 Å². The highest BCUT2D eigenvalue weighted by Gasteiger charge is 2.14. The van der Waals surface area contributed by atoms with Crippen molar-refractivity contribution in [1.82, 2.24) is 9.97 Å². The average molecular weight is 591 g/mol. The fraction of sp³-hybridized carbons (Fsp3) is 0. The van der Waals surface area contributed by atoms with Crippen LogP contribution in [-0.4, -0.2) is 9.97 Å². The smallest absolute Gasteiger partial charge is 0.181 e. The van der Waals surface area contributed by atoms with Gasteiger partial charge in [-0.25, -0.2) is 9.97 Å². The minimum atomic E-state index is 0.758. The second-order valence-electron chi connectivity index (χ2n) is 11.5. The number of oxazole rings is 2. The molecule has 0 aliphatic rings. The van der Waals surface area contributed by atoms with Gasteiger partial charge in [-0.1, -0.05) is 103 Å². The van der Waals surface area contributed by atoms with Crippen molar-refractivity contribution < 1.29 is 8.83 Å². The first kappa shape index (κ1) is 26.2. The van der Waals surface area contributed by atoms with E-state index >= 15 is 0 Å². The van der Waals surface area contributed by atoms with Gasteiger partial charge in [-0.05, 0) is 96.0 Å². The Morgan fingerprint density at radius 3 is 1.17 bits per heavy atom. The molecule has 0 amide bonds. The molecule has 0 fully saturated rings. The van der Waals surface area contributed by atoms with Gasteiger partial charge in [0, 0.05) is 11.1 Å². The van der Waals surface area contributed by atoms with Crippen LogP contribution in [0.3, 0.4) is 0 Å². The van der Waals surface area contributed by atoms with Crippen molar-refractivity contribution in [2.24, 2.45) is 0 Å². The molecule has 0 saturated heterocycles. The summed E-state index contributed by atoms with van der Waals surface area (Å²) in [6.07, 6.45) is 6.45. The second kappa shape index (κ2) is 10.7. The molecule has 0 radical (unpaired) electrons. The summed E-state index contributed by atoms with van der Waals surface area (Å²) in [5, 5.41) is 7.36. The standard InChI is InChI=1S/C42H26N2O2/c1-2-6-27(7-3-1)30-12-17-37-38-21-31(28-8-4-10-33(18-28)41-23-43-25-45-41)13-15-35(38)36-16-14-32(22-39(36)40(37)20-30)29-9-5-11-34(19-29)42-24-44-26-46-42/h1-26H. The van der Waals surface area contributed by atoms with Crippen molar-refractivity contribution in [3.8, 4) is 56.0 Å². The Labute approximate surface area is 265 Å². The van der Waals surface area contributed by atoms with Gasteiger partial charge in [0.25, 0.3) is 0 Å². The zero-order valence-electron chi connectivity index (χ0n) is 24.7. The van der Waals surface area contributed by atoms with Crippen LogP contribution in [0.15, 0.2) is 167 Å². The summed E-state index contributed by atoms with van der Waals surface area (Å²) in [6.45, 7) is 0. The zero-order chi connectivity index (χ0) is 30.5. The SMILES string of the molecule is c1ccc(-c2ccc3c4cc(-c5cccc(-c6cnco6)c5)ccc4c4ccc(-c5cccc(-c6cnco6)c5)cc4c3c2)cc1. The van der Waals surface area contributed by atoms with Gasteiger partial charge in [-0.2, -0.15) is 0 Å². The molecule has 0 bridgehead atoms. The Kier molecular flexibility index (Phi) is 6.10. The van der Waals surface area contributed by atoms with Gasteiger partial charge >= 0.3 is 0 Å². The van der Waals surface area contributed by atoms with Crippen molar-refractivity contribution in [3.05, 3.63) is 159 Å². The third-order valence-corrected chi connectivity index (χ3v) is 8.86. The minimum Gasteiger partial charge on any atom is -0.444 e. The molecule has 4 nitrogen and oxygen atoms in total. The van der Waals surface area contributed by atoms with Crippen LogP contribution < -0.4 is 0 Å². The van der Waals surface area contributed by atoms with Crippen molar-refractivity contribution in [1.29, 1.82) is 0 Å². The molecular formula is C42H26N2O2. The number of aromatic nitrogens is 2. The highest BCUT2D eigenvalue weighted by atomic mass is 16.3. The Hall–Kier alpha value is -6.26. The van der Waals surface area contributed by atoms with Crippen molar-refractivity contribution in [3.63, 3.8) is 0 Å². The summed E-state index contributed by atoms with van der Waals surface area (Å²) in [7, 11) is 0. The highest BCUT2D eigenvalue weighted by Crippen LogP contribution is 2.41. The maximum absolute atomic E-state index is 5.59. The molecule has 0 N–H and O–H groups in total. The summed E-state index contributed by atoms with van der Waals surface area (Å²) >= 11 is 0. The van der Waals surface area contributed by atoms with E-state index in [9.17, 15) is 0 Å². The molecule has 9 aromatic rings. The normalized spacial score (nSPS) is 11.5. The molecule has 2 heterocycles. The van der Waals surface area contributed by atoms with E-state index in [-0.39, 0.29) is 0 Å². The lowest BCUT2D eigenvalue weighted by molar-refractivity contribution is 0.571. The monoisotopic (exact) mass is 590 g/mol. The number of nitrogens with zero attached hydrogens (tertiary/aromatic N) is 2. The van der Waals surface area contributed by atoms with Gasteiger partial charge in [-0.15, -0.1) is 0 Å². The molecule has 0 aliphatic carbocycles. The van der Waals surface area contributed by atoms with Crippen LogP contribution in [0.1, 0.15) is 0 Å². The fourth-order valence-corrected chi connectivity index (χ4v) is 6.60. The van der Waals surface area contributed by atoms with Gasteiger partial charge < -0.3 is 8.83 Å². The van der Waals surface area contributed by atoms with E-state index in [0.29, 0.717) is 0 Å². The second-order valence-corrected chi connectivity index (χ2v) is 11.5. The summed E-state index contributed by atoms with van der Waals surface area (Å²) in [5.41, 5.74) is 8.98. The molecule has 9 rings (SSSR count). The maximum atomic E-state index is 5.59. The Morgan fingerprint density at radius 1 is 0.304 bits per heavy atom. The van der Waals surface area contributed by atoms with Crippen molar-refractivity contribution in [2.75, 3.05) is 0 Å². The largest absolute Gasteiger partial charge is 0.444 e. The van der Waals surface area contributed by atoms with Gasteiger partial charge in [0.15, 0.2) is 24.3 Å². The molecule has 0 spiro atoms. The lowest BCUT2D eigenvalue weighted by atomic mass is 9.88. The number of rotatable bonds is 5. The van der Waals surface area contributed by atoms with Crippen LogP contribution in [0.5, 0.6) is 0 Å². The molecule has 0 saturated carbocycles. The van der Waals surface area contributed by atoms with Gasteiger partial charge in [0.1, 0.15) is 0 Å². The van der Waals surface area contributed by atoms with Gasteiger partial charge in [0.2, 0.25) is 0 Å². The predicted octanol–water partition coefficient (Wildman–Crippen LogP) is 11.5. The molecule has 46 heavy (non-hydrogen) atoms. The quantitative estimate of drug-likeness (QED) is 0.187. The Balaban J connectivity index is 1.27. The summed E-state index contributed by atoms with van der Waals surface area (Å²) in [5.74, 6) is 1.52. The van der Waals surface area contributed by atoms with E-state index in [0.717, 1.165) is 44.9 Å². The highest BCUT2D eigenvalue weighted by molar-refractivity contribution is 6.26. The zero-order valence-corrected chi connectivity index (χ0v) is 24.7. The van der Waals surface area contributed by atoms with E-state index in [2.05, 4.69) is 143 Å². The third kappa shape index (κ3) is 4.47. The minimum absolute atomic E-state index is 0.758. The molecule has 216 valence electrons. The van der Waals surface area contributed by atoms with E-state index in [4.69, 9.17) is 8.83 Å². The number of fused-ring (bicyclic) bond motifs is 6. The molecule has 0 unspecified atom stereocenters. The predicted molar refractivity (Wildman–Crippen MR) is 186 cm³/mol. The number of hydrogen-bond acceptors (Lipinski definition) is 4. The first-order chi connectivity index (χ1) is 22.8. The van der Waals surface area contributed by atoms with E-state index in [1.54, 1.807) is 12.4 Å². The molecule has 2 aromatic heterocycles. The van der Waals surface area contributed by atoms with Crippen LogP contribution in [0.4, 0.5) is 0 Å². The van der Waals surface area contributed by atoms with Crippen LogP contribution in [0.25, 0.3) is 88.3 Å². The lowest BCUT2D eigenvalue weighted by Crippen LogP contribution is -1.88. The average Bonchev–Trinajstić information content (AvgIpc) is 3.88. The third-order valence-electron chi connectivity index (χ3n) is 8.86. The van der Waals surface area contributed by atoms with Crippen LogP contribution in [0.2, 0.25) is 0 Å². The molecule has 4 heteroatoms. The topological polar surface area (TPSA) is 52.1 Å². The summed E-state index contributed by atoms with van der Waals surface area (Å²) < 4.78 is 11.2. The molecular weight excluding hydrogens is 564 g/mol. The number of hydrogen-bond donors (Lipinski definition) is 0. The number of benzene rings is 7. The van der Waals surface area contributed by atoms with Crippen molar-refractivity contribution in [2.45, 2.75) is 0 Å². The van der Waals surface area contributed by atoms with E-state index in [1.165, 1.54) is 56.2 Å². The first-order valence-corrected chi connectivity index (χ1v) is 15.3. The van der Waals surface area contributed by atoms with Crippen LogP contribution in [-0.2, 0) is 0 Å². The molecule has 7 aromatic carbocycles. The first-order valence-electron chi connectivity index (χ1n) is 15.3. The fourth-order valence-electron chi connectivity index (χ4n) is 6.60. The summed E-state index contributed by atoms with van der Waals surface area (Å²) in [4.78, 5) is 8.21. The van der Waals surface area contributed by atoms with Gasteiger partial charge in [-0.3, -0.25) is 0 Å². The Morgan fingerprint density at radius 2 is 0.696 bits per heavy atom. The van der Waals surface area contributed by atoms with Crippen LogP contribution >= 0.6 is 0 Å². The summed E-state index contributed by atoms with van der Waals surface area (Å²) in [6, 6.07) is 48.0. The Bertz CT molecular complexity index is 2520. The molecule has 0 aliphatic heterocycles. The maximum Gasteiger partial charge on any atom is 0.181 e. The lowest BCUT2D eigenvalue weighted by Gasteiger charge is -2.15.